The molecule has 0 aliphatic carbocycles. The molecule has 2 aromatic carbocycles. The normalized spacial score (nSPS) is 16.6. The largest absolute Gasteiger partial charge is 0.303 e. The standard InChI is InChI=1S/C22H28FNO2S/c1-16-14-17(2)22(18(3)15-16)27(25,26)21-9-12-24(13-10-21)11-8-19-4-6-20(23)7-5-19/h4-7,14-15,21H,8-13H2,1-3H3. The van der Waals surface area contributed by atoms with Gasteiger partial charge in [0.05, 0.1) is 10.1 Å². The van der Waals surface area contributed by atoms with Crippen molar-refractivity contribution in [3.8, 4) is 0 Å². The number of hydrogen-bond acceptors (Lipinski definition) is 3. The van der Waals surface area contributed by atoms with E-state index in [9.17, 15) is 12.8 Å². The van der Waals surface area contributed by atoms with E-state index in [-0.39, 0.29) is 11.1 Å². The number of likely N-dealkylation sites (tertiary alicyclic amines) is 1. The molecule has 3 rings (SSSR count). The lowest BCUT2D eigenvalue weighted by Crippen LogP contribution is -2.40. The van der Waals surface area contributed by atoms with Crippen LogP contribution in [0.4, 0.5) is 4.39 Å². The molecule has 1 aliphatic heterocycles. The quantitative estimate of drug-likeness (QED) is 0.768. The molecule has 27 heavy (non-hydrogen) atoms. The monoisotopic (exact) mass is 389 g/mol. The van der Waals surface area contributed by atoms with Crippen molar-refractivity contribution < 1.29 is 12.8 Å². The minimum Gasteiger partial charge on any atom is -0.303 e. The van der Waals surface area contributed by atoms with Crippen LogP contribution in [0.3, 0.4) is 0 Å². The van der Waals surface area contributed by atoms with Crippen molar-refractivity contribution in [3.63, 3.8) is 0 Å². The molecule has 1 saturated heterocycles. The van der Waals surface area contributed by atoms with E-state index in [0.29, 0.717) is 17.7 Å². The molecular formula is C22H28FNO2S. The van der Waals surface area contributed by atoms with E-state index in [1.54, 1.807) is 0 Å². The summed E-state index contributed by atoms with van der Waals surface area (Å²) in [5.41, 5.74) is 3.91. The number of rotatable bonds is 5. The predicted octanol–water partition coefficient (Wildman–Crippen LogP) is 4.23. The number of benzene rings is 2. The molecule has 0 radical (unpaired) electrons. The molecule has 0 saturated carbocycles. The Morgan fingerprint density at radius 3 is 2.11 bits per heavy atom. The first kappa shape index (κ1) is 20.0. The van der Waals surface area contributed by atoms with E-state index in [1.165, 1.54) is 12.1 Å². The second-order valence-electron chi connectivity index (χ2n) is 7.69. The summed E-state index contributed by atoms with van der Waals surface area (Å²) in [7, 11) is -3.30. The minimum absolute atomic E-state index is 0.216. The van der Waals surface area contributed by atoms with Crippen LogP contribution in [0, 0.1) is 26.6 Å². The smallest absolute Gasteiger partial charge is 0.181 e. The zero-order valence-corrected chi connectivity index (χ0v) is 17.2. The number of sulfone groups is 1. The second kappa shape index (κ2) is 8.11. The summed E-state index contributed by atoms with van der Waals surface area (Å²) in [6, 6.07) is 10.5. The van der Waals surface area contributed by atoms with E-state index in [1.807, 2.05) is 45.0 Å². The first-order valence-corrected chi connectivity index (χ1v) is 11.1. The van der Waals surface area contributed by atoms with E-state index in [0.717, 1.165) is 48.3 Å². The lowest BCUT2D eigenvalue weighted by atomic mass is 10.1. The van der Waals surface area contributed by atoms with Crippen molar-refractivity contribution in [2.24, 2.45) is 0 Å². The van der Waals surface area contributed by atoms with Crippen LogP contribution in [-0.2, 0) is 16.3 Å². The maximum absolute atomic E-state index is 13.2. The molecule has 1 heterocycles. The molecule has 0 amide bonds. The summed E-state index contributed by atoms with van der Waals surface area (Å²) < 4.78 is 39.4. The van der Waals surface area contributed by atoms with Crippen LogP contribution < -0.4 is 0 Å². The molecule has 3 nitrogen and oxygen atoms in total. The van der Waals surface area contributed by atoms with Crippen LogP contribution in [0.2, 0.25) is 0 Å². The van der Waals surface area contributed by atoms with E-state index >= 15 is 0 Å². The predicted molar refractivity (Wildman–Crippen MR) is 107 cm³/mol. The fraction of sp³-hybridized carbons (Fsp3) is 0.455. The maximum Gasteiger partial charge on any atom is 0.181 e. The summed E-state index contributed by atoms with van der Waals surface area (Å²) >= 11 is 0. The van der Waals surface area contributed by atoms with Gasteiger partial charge in [-0.3, -0.25) is 0 Å². The highest BCUT2D eigenvalue weighted by Gasteiger charge is 2.33. The van der Waals surface area contributed by atoms with Gasteiger partial charge >= 0.3 is 0 Å². The lowest BCUT2D eigenvalue weighted by Gasteiger charge is -2.32. The van der Waals surface area contributed by atoms with Gasteiger partial charge in [0.15, 0.2) is 9.84 Å². The van der Waals surface area contributed by atoms with Crippen LogP contribution in [0.5, 0.6) is 0 Å². The van der Waals surface area contributed by atoms with Gasteiger partial charge in [-0.15, -0.1) is 0 Å². The Morgan fingerprint density at radius 2 is 1.56 bits per heavy atom. The molecule has 0 unspecified atom stereocenters. The Morgan fingerprint density at radius 1 is 1.00 bits per heavy atom. The highest BCUT2D eigenvalue weighted by Crippen LogP contribution is 2.30. The highest BCUT2D eigenvalue weighted by molar-refractivity contribution is 7.92. The summed E-state index contributed by atoms with van der Waals surface area (Å²) in [6.07, 6.45) is 2.19. The third kappa shape index (κ3) is 4.58. The van der Waals surface area contributed by atoms with Crippen molar-refractivity contribution in [1.29, 1.82) is 0 Å². The maximum atomic E-state index is 13.2. The number of nitrogens with zero attached hydrogens (tertiary/aromatic N) is 1. The van der Waals surface area contributed by atoms with Crippen molar-refractivity contribution in [2.45, 2.75) is 50.2 Å². The van der Waals surface area contributed by atoms with Crippen LogP contribution in [-0.4, -0.2) is 38.2 Å². The average molecular weight is 390 g/mol. The molecular weight excluding hydrogens is 361 g/mol. The number of piperidine rings is 1. The molecule has 2 aromatic rings. The summed E-state index contributed by atoms with van der Waals surface area (Å²) in [5, 5.41) is -0.306. The summed E-state index contributed by atoms with van der Waals surface area (Å²) in [4.78, 5) is 2.84. The Bertz CT molecular complexity index is 875. The van der Waals surface area contributed by atoms with E-state index < -0.39 is 9.84 Å². The summed E-state index contributed by atoms with van der Waals surface area (Å²) in [5.74, 6) is -0.216. The SMILES string of the molecule is Cc1cc(C)c(S(=O)(=O)C2CCN(CCc3ccc(F)cc3)CC2)c(C)c1. The molecule has 0 atom stereocenters. The van der Waals surface area contributed by atoms with Gasteiger partial charge in [-0.25, -0.2) is 12.8 Å². The topological polar surface area (TPSA) is 37.4 Å². The first-order chi connectivity index (χ1) is 12.8. The molecule has 0 aromatic heterocycles. The molecule has 1 aliphatic rings. The van der Waals surface area contributed by atoms with Crippen molar-refractivity contribution >= 4 is 9.84 Å². The van der Waals surface area contributed by atoms with Crippen molar-refractivity contribution in [2.75, 3.05) is 19.6 Å². The van der Waals surface area contributed by atoms with Crippen molar-refractivity contribution in [3.05, 3.63) is 64.5 Å². The van der Waals surface area contributed by atoms with E-state index in [2.05, 4.69) is 4.90 Å². The average Bonchev–Trinajstić information content (AvgIpc) is 2.60. The fourth-order valence-corrected chi connectivity index (χ4v) is 6.34. The van der Waals surface area contributed by atoms with Crippen LogP contribution in [0.15, 0.2) is 41.3 Å². The molecule has 146 valence electrons. The van der Waals surface area contributed by atoms with Gasteiger partial charge < -0.3 is 4.90 Å². The Labute approximate surface area is 162 Å². The zero-order chi connectivity index (χ0) is 19.6. The van der Waals surface area contributed by atoms with Gasteiger partial charge in [-0.05, 0) is 81.9 Å². The van der Waals surface area contributed by atoms with Gasteiger partial charge in [0.25, 0.3) is 0 Å². The highest BCUT2D eigenvalue weighted by atomic mass is 32.2. The molecule has 0 N–H and O–H groups in total. The Kier molecular flexibility index (Phi) is 6.02. The number of hydrogen-bond donors (Lipinski definition) is 0. The Hall–Kier alpha value is -1.72. The van der Waals surface area contributed by atoms with Gasteiger partial charge in [0, 0.05) is 6.54 Å². The molecule has 0 spiro atoms. The second-order valence-corrected chi connectivity index (χ2v) is 9.86. The number of halogens is 1. The first-order valence-electron chi connectivity index (χ1n) is 9.56. The molecule has 0 bridgehead atoms. The molecule has 1 fully saturated rings. The van der Waals surface area contributed by atoms with Gasteiger partial charge in [0.1, 0.15) is 5.82 Å². The van der Waals surface area contributed by atoms with Gasteiger partial charge in [-0.1, -0.05) is 29.8 Å². The fourth-order valence-electron chi connectivity index (χ4n) is 4.16. The van der Waals surface area contributed by atoms with E-state index in [4.69, 9.17) is 0 Å². The van der Waals surface area contributed by atoms with Gasteiger partial charge in [-0.2, -0.15) is 0 Å². The zero-order valence-electron chi connectivity index (χ0n) is 16.3. The minimum atomic E-state index is -3.30. The molecule has 5 heteroatoms. The van der Waals surface area contributed by atoms with Crippen LogP contribution in [0.25, 0.3) is 0 Å². The van der Waals surface area contributed by atoms with Crippen molar-refractivity contribution in [1.82, 2.24) is 4.90 Å². The summed E-state index contributed by atoms with van der Waals surface area (Å²) in [6.45, 7) is 8.23. The third-order valence-corrected chi connectivity index (χ3v) is 8.05. The lowest BCUT2D eigenvalue weighted by molar-refractivity contribution is 0.232. The van der Waals surface area contributed by atoms with Crippen LogP contribution in [0.1, 0.15) is 35.1 Å². The Balaban J connectivity index is 1.62. The van der Waals surface area contributed by atoms with Gasteiger partial charge in [0.2, 0.25) is 0 Å². The number of aryl methyl sites for hydroxylation is 3. The third-order valence-electron chi connectivity index (χ3n) is 5.49. The van der Waals surface area contributed by atoms with Crippen LogP contribution >= 0.6 is 0 Å².